The minimum absolute atomic E-state index is 0.179. The Balaban J connectivity index is 1.58. The molecule has 5 rings (SSSR count). The van der Waals surface area contributed by atoms with E-state index < -0.39 is 0 Å². The summed E-state index contributed by atoms with van der Waals surface area (Å²) in [5, 5.41) is 9.04. The Labute approximate surface area is 185 Å². The van der Waals surface area contributed by atoms with Gasteiger partial charge in [0, 0.05) is 12.3 Å². The fourth-order valence-corrected chi connectivity index (χ4v) is 3.83. The zero-order valence-corrected chi connectivity index (χ0v) is 17.6. The lowest BCUT2D eigenvalue weighted by atomic mass is 10.0. The number of aromatic nitrogens is 4. The Bertz CT molecular complexity index is 1340. The largest absolute Gasteiger partial charge is 0.494 e. The van der Waals surface area contributed by atoms with Crippen molar-refractivity contribution >= 4 is 5.57 Å². The molecule has 0 saturated heterocycles. The van der Waals surface area contributed by atoms with Gasteiger partial charge in [0.15, 0.2) is 5.69 Å². The van der Waals surface area contributed by atoms with Crippen LogP contribution < -0.4 is 10.2 Å². The lowest BCUT2D eigenvalue weighted by Gasteiger charge is -2.17. The van der Waals surface area contributed by atoms with Crippen molar-refractivity contribution in [2.24, 2.45) is 0 Å². The second-order valence-corrected chi connectivity index (χ2v) is 7.38. The van der Waals surface area contributed by atoms with Crippen molar-refractivity contribution in [2.75, 3.05) is 20.3 Å². The average molecular weight is 426 g/mol. The normalized spacial score (nSPS) is 13.6. The number of hydrogen-bond acceptors (Lipinski definition) is 5. The number of hydrogen-bond donors (Lipinski definition) is 0. The highest BCUT2D eigenvalue weighted by atomic mass is 16.5. The number of nitrogens with zero attached hydrogens (tertiary/aromatic N) is 4. The Morgan fingerprint density at radius 3 is 2.72 bits per heavy atom. The average Bonchev–Trinajstić information content (AvgIpc) is 3.35. The molecule has 0 unspecified atom stereocenters. The molecule has 0 N–H and O–H groups in total. The van der Waals surface area contributed by atoms with Crippen molar-refractivity contribution in [3.63, 3.8) is 0 Å². The fraction of sp³-hybridized carbons (Fsp3) is 0.160. The molecular formula is C25H22N4O3. The highest BCUT2D eigenvalue weighted by molar-refractivity contribution is 5.69. The van der Waals surface area contributed by atoms with Gasteiger partial charge in [-0.05, 0) is 47.9 Å². The summed E-state index contributed by atoms with van der Waals surface area (Å²) in [4.78, 5) is 12.7. The van der Waals surface area contributed by atoms with Crippen molar-refractivity contribution in [3.8, 4) is 28.5 Å². The molecule has 0 amide bonds. The summed E-state index contributed by atoms with van der Waals surface area (Å²) < 4.78 is 14.5. The van der Waals surface area contributed by atoms with Gasteiger partial charge < -0.3 is 9.47 Å². The lowest BCUT2D eigenvalue weighted by Crippen LogP contribution is -2.15. The van der Waals surface area contributed by atoms with Gasteiger partial charge in [0.2, 0.25) is 5.43 Å². The quantitative estimate of drug-likeness (QED) is 0.484. The van der Waals surface area contributed by atoms with Gasteiger partial charge in [-0.15, -0.1) is 0 Å². The first-order valence-corrected chi connectivity index (χ1v) is 10.4. The maximum atomic E-state index is 12.7. The molecule has 0 saturated carbocycles. The summed E-state index contributed by atoms with van der Waals surface area (Å²) in [6.45, 7) is 1.34. The molecule has 0 radical (unpaired) electrons. The Morgan fingerprint density at radius 2 is 1.94 bits per heavy atom. The summed E-state index contributed by atoms with van der Waals surface area (Å²) in [5.41, 5.74) is 4.69. The molecule has 2 aromatic carbocycles. The molecule has 0 atom stereocenters. The second kappa shape index (κ2) is 8.64. The van der Waals surface area contributed by atoms with Crippen LogP contribution in [0.4, 0.5) is 0 Å². The van der Waals surface area contributed by atoms with E-state index in [2.05, 4.69) is 16.3 Å². The van der Waals surface area contributed by atoms with Gasteiger partial charge in [-0.2, -0.15) is 10.2 Å². The molecule has 0 spiro atoms. The van der Waals surface area contributed by atoms with Crippen LogP contribution in [0.5, 0.6) is 5.75 Å². The van der Waals surface area contributed by atoms with Crippen LogP contribution in [-0.4, -0.2) is 39.9 Å². The summed E-state index contributed by atoms with van der Waals surface area (Å²) in [5.74, 6) is 0.675. The lowest BCUT2D eigenvalue weighted by molar-refractivity contribution is 0.161. The molecule has 0 fully saturated rings. The highest BCUT2D eigenvalue weighted by Gasteiger charge is 2.16. The SMILES string of the molecule is COc1cc(C2=CCOCC2)ccc1-n1ccc(=O)c(-c2ccnn2-c2ccccc2)n1. The molecule has 4 aromatic rings. The molecule has 1 aliphatic rings. The second-order valence-electron chi connectivity index (χ2n) is 7.38. The maximum Gasteiger partial charge on any atom is 0.209 e. The molecular weight excluding hydrogens is 404 g/mol. The van der Waals surface area contributed by atoms with Crippen LogP contribution in [0.25, 0.3) is 28.3 Å². The molecule has 0 bridgehead atoms. The summed E-state index contributed by atoms with van der Waals surface area (Å²) in [7, 11) is 1.63. The first-order valence-electron chi connectivity index (χ1n) is 10.4. The predicted octanol–water partition coefficient (Wildman–Crippen LogP) is 3.90. The number of rotatable bonds is 5. The van der Waals surface area contributed by atoms with Crippen LogP contribution in [-0.2, 0) is 4.74 Å². The minimum Gasteiger partial charge on any atom is -0.494 e. The molecule has 1 aliphatic heterocycles. The van der Waals surface area contributed by atoms with E-state index in [0.717, 1.165) is 30.0 Å². The monoisotopic (exact) mass is 426 g/mol. The Morgan fingerprint density at radius 1 is 1.06 bits per heavy atom. The molecule has 0 aliphatic carbocycles. The van der Waals surface area contributed by atoms with Crippen molar-refractivity contribution in [3.05, 3.63) is 94.9 Å². The third kappa shape index (κ3) is 3.74. The number of benzene rings is 2. The van der Waals surface area contributed by atoms with Crippen LogP contribution in [0, 0.1) is 0 Å². The Hall–Kier alpha value is -3.97. The Kier molecular flexibility index (Phi) is 5.39. The molecule has 2 aromatic heterocycles. The topological polar surface area (TPSA) is 71.2 Å². The van der Waals surface area contributed by atoms with E-state index in [4.69, 9.17) is 9.47 Å². The predicted molar refractivity (Wildman–Crippen MR) is 122 cm³/mol. The van der Waals surface area contributed by atoms with Crippen LogP contribution in [0.2, 0.25) is 0 Å². The van der Waals surface area contributed by atoms with Gasteiger partial charge in [-0.3, -0.25) is 4.79 Å². The summed E-state index contributed by atoms with van der Waals surface area (Å²) >= 11 is 0. The maximum absolute atomic E-state index is 12.7. The van der Waals surface area contributed by atoms with E-state index in [1.165, 1.54) is 11.6 Å². The molecule has 7 nitrogen and oxygen atoms in total. The van der Waals surface area contributed by atoms with Crippen LogP contribution >= 0.6 is 0 Å². The van der Waals surface area contributed by atoms with Gasteiger partial charge in [-0.1, -0.05) is 30.3 Å². The van der Waals surface area contributed by atoms with Crippen LogP contribution in [0.3, 0.4) is 0 Å². The van der Waals surface area contributed by atoms with Gasteiger partial charge in [0.25, 0.3) is 0 Å². The number of para-hydroxylation sites is 1. The van der Waals surface area contributed by atoms with E-state index in [-0.39, 0.29) is 5.43 Å². The molecule has 3 heterocycles. The summed E-state index contributed by atoms with van der Waals surface area (Å²) in [6, 6.07) is 19.0. The van der Waals surface area contributed by atoms with Gasteiger partial charge in [0.05, 0.1) is 37.9 Å². The molecule has 32 heavy (non-hydrogen) atoms. The zero-order valence-electron chi connectivity index (χ0n) is 17.6. The van der Waals surface area contributed by atoms with E-state index in [9.17, 15) is 4.79 Å². The smallest absolute Gasteiger partial charge is 0.209 e. The highest BCUT2D eigenvalue weighted by Crippen LogP contribution is 2.30. The molecule has 7 heteroatoms. The van der Waals surface area contributed by atoms with Gasteiger partial charge in [-0.25, -0.2) is 9.36 Å². The van der Waals surface area contributed by atoms with Gasteiger partial charge in [0.1, 0.15) is 11.4 Å². The third-order valence-corrected chi connectivity index (χ3v) is 5.46. The van der Waals surface area contributed by atoms with E-state index >= 15 is 0 Å². The molecule has 160 valence electrons. The third-order valence-electron chi connectivity index (χ3n) is 5.46. The van der Waals surface area contributed by atoms with E-state index in [1.54, 1.807) is 34.9 Å². The standard InChI is InChI=1S/C25H22N4O3/c1-31-24-17-19(18-11-15-32-16-12-18)7-8-21(24)28-14-10-23(30)25(27-28)22-9-13-26-29(22)20-5-3-2-4-6-20/h2-11,13-14,17H,12,15-16H2,1H3. The zero-order chi connectivity index (χ0) is 21.9. The van der Waals surface area contributed by atoms with Crippen molar-refractivity contribution in [1.29, 1.82) is 0 Å². The van der Waals surface area contributed by atoms with Crippen LogP contribution in [0.15, 0.2) is 83.9 Å². The fourth-order valence-electron chi connectivity index (χ4n) is 3.83. The van der Waals surface area contributed by atoms with E-state index in [1.807, 2.05) is 48.5 Å². The van der Waals surface area contributed by atoms with Crippen molar-refractivity contribution in [1.82, 2.24) is 19.6 Å². The van der Waals surface area contributed by atoms with Gasteiger partial charge >= 0.3 is 0 Å². The van der Waals surface area contributed by atoms with Crippen molar-refractivity contribution in [2.45, 2.75) is 6.42 Å². The van der Waals surface area contributed by atoms with Crippen molar-refractivity contribution < 1.29 is 9.47 Å². The minimum atomic E-state index is -0.179. The first-order chi connectivity index (χ1) is 15.7. The number of methoxy groups -OCH3 is 1. The summed E-state index contributed by atoms with van der Waals surface area (Å²) in [6.07, 6.45) is 6.28. The van der Waals surface area contributed by atoms with Crippen LogP contribution in [0.1, 0.15) is 12.0 Å². The van der Waals surface area contributed by atoms with E-state index in [0.29, 0.717) is 23.7 Å². The first kappa shape index (κ1) is 20.0. The number of ether oxygens (including phenoxy) is 2.